The largest absolute Gasteiger partial charge is 0.494 e. The Labute approximate surface area is 274 Å². The Morgan fingerprint density at radius 1 is 1.08 bits per heavy atom. The highest BCUT2D eigenvalue weighted by molar-refractivity contribution is 5.96. The molecule has 2 aromatic heterocycles. The number of halogens is 2. The zero-order chi connectivity index (χ0) is 34.4. The topological polar surface area (TPSA) is 168 Å². The zero-order valence-electron chi connectivity index (χ0n) is 26.4. The van der Waals surface area contributed by atoms with E-state index in [1.54, 1.807) is 37.4 Å². The van der Waals surface area contributed by atoms with Crippen molar-refractivity contribution in [2.45, 2.75) is 13.0 Å². The number of imidazole rings is 1. The Hall–Kier alpha value is -5.35. The SMILES string of the molecule is COc1ccc(-c2cnc3c(Nc4ccc(C(=O)N5CCN(C(=O)N6CCO[C@H](CN)C6)CC5)c(C)c4)nccn23)c(F)c1F.O=CO. The lowest BCUT2D eigenvalue weighted by Gasteiger charge is -2.40. The lowest BCUT2D eigenvalue weighted by molar-refractivity contribution is -0.122. The van der Waals surface area contributed by atoms with Crippen LogP contribution in [0, 0.1) is 18.6 Å². The van der Waals surface area contributed by atoms with Crippen molar-refractivity contribution in [2.24, 2.45) is 5.73 Å². The Bertz CT molecular complexity index is 1800. The third-order valence-electron chi connectivity index (χ3n) is 8.20. The zero-order valence-corrected chi connectivity index (χ0v) is 26.4. The summed E-state index contributed by atoms with van der Waals surface area (Å²) in [5.74, 6) is -2.01. The predicted octanol–water partition coefficient (Wildman–Crippen LogP) is 2.97. The molecule has 2 aliphatic rings. The fourth-order valence-corrected chi connectivity index (χ4v) is 5.72. The molecule has 2 fully saturated rings. The molecule has 1 atom stereocenters. The molecule has 254 valence electrons. The van der Waals surface area contributed by atoms with Gasteiger partial charge in [0, 0.05) is 75.0 Å². The maximum Gasteiger partial charge on any atom is 0.320 e. The van der Waals surface area contributed by atoms with E-state index in [0.717, 1.165) is 5.56 Å². The number of nitrogens with one attached hydrogen (secondary N) is 1. The number of hydrogen-bond donors (Lipinski definition) is 3. The number of aromatic nitrogens is 3. The van der Waals surface area contributed by atoms with E-state index >= 15 is 0 Å². The van der Waals surface area contributed by atoms with E-state index < -0.39 is 11.6 Å². The van der Waals surface area contributed by atoms with Gasteiger partial charge in [-0.25, -0.2) is 19.2 Å². The number of morpholine rings is 1. The highest BCUT2D eigenvalue weighted by atomic mass is 19.2. The van der Waals surface area contributed by atoms with Crippen molar-refractivity contribution in [3.05, 3.63) is 71.7 Å². The van der Waals surface area contributed by atoms with Crippen LogP contribution in [0.1, 0.15) is 15.9 Å². The van der Waals surface area contributed by atoms with E-state index in [1.165, 1.54) is 31.6 Å². The van der Waals surface area contributed by atoms with Crippen molar-refractivity contribution in [3.63, 3.8) is 0 Å². The van der Waals surface area contributed by atoms with Crippen LogP contribution in [0.3, 0.4) is 0 Å². The molecule has 6 rings (SSSR count). The summed E-state index contributed by atoms with van der Waals surface area (Å²) in [6.45, 7) is 5.20. The number of rotatable bonds is 6. The standard InChI is InChI=1S/C31H34F2N8O4.CH2O2/c1-19-15-20(37-28-29-36-17-24(41(29)8-7-35-28)23-5-6-25(44-2)27(33)26(23)32)3-4-22(19)30(42)38-9-11-39(12-10-38)31(43)40-13-14-45-21(16-34)18-40;2-1-3/h3-8,15,17,21H,9-14,16,18,34H2,1-2H3,(H,35,37);1H,(H,2,3)/t21-;/m1./s1. The minimum atomic E-state index is -1.08. The highest BCUT2D eigenvalue weighted by Crippen LogP contribution is 2.31. The van der Waals surface area contributed by atoms with Gasteiger partial charge in [0.05, 0.1) is 31.7 Å². The maximum absolute atomic E-state index is 14.8. The Morgan fingerprint density at radius 2 is 1.81 bits per heavy atom. The minimum Gasteiger partial charge on any atom is -0.494 e. The van der Waals surface area contributed by atoms with Crippen LogP contribution in [0.2, 0.25) is 0 Å². The number of benzene rings is 2. The van der Waals surface area contributed by atoms with Crippen LogP contribution in [-0.2, 0) is 9.53 Å². The van der Waals surface area contributed by atoms with Crippen LogP contribution in [-0.4, -0.2) is 118 Å². The number of carbonyl (C=O) groups is 3. The summed E-state index contributed by atoms with van der Waals surface area (Å²) in [6.07, 6.45) is 4.44. The van der Waals surface area contributed by atoms with Crippen LogP contribution in [0.25, 0.3) is 16.9 Å². The van der Waals surface area contributed by atoms with Gasteiger partial charge in [0.1, 0.15) is 0 Å². The van der Waals surface area contributed by atoms with Gasteiger partial charge in [-0.05, 0) is 42.8 Å². The molecule has 0 saturated carbocycles. The fourth-order valence-electron chi connectivity index (χ4n) is 5.72. The van der Waals surface area contributed by atoms with Gasteiger partial charge in [-0.1, -0.05) is 0 Å². The first-order chi connectivity index (χ1) is 23.2. The number of amides is 3. The van der Waals surface area contributed by atoms with Crippen LogP contribution in [0.5, 0.6) is 5.75 Å². The summed E-state index contributed by atoms with van der Waals surface area (Å²) < 4.78 is 41.3. The first-order valence-corrected chi connectivity index (χ1v) is 15.1. The summed E-state index contributed by atoms with van der Waals surface area (Å²) in [6, 6.07) is 8.12. The molecule has 0 bridgehead atoms. The van der Waals surface area contributed by atoms with E-state index in [-0.39, 0.29) is 35.8 Å². The average molecular weight is 667 g/mol. The molecule has 0 spiro atoms. The molecule has 48 heavy (non-hydrogen) atoms. The molecule has 0 radical (unpaired) electrons. The van der Waals surface area contributed by atoms with E-state index in [2.05, 4.69) is 15.3 Å². The normalized spacial score (nSPS) is 16.3. The van der Waals surface area contributed by atoms with Crippen LogP contribution < -0.4 is 15.8 Å². The summed E-state index contributed by atoms with van der Waals surface area (Å²) >= 11 is 0. The van der Waals surface area contributed by atoms with Gasteiger partial charge in [-0.3, -0.25) is 14.0 Å². The second kappa shape index (κ2) is 15.0. The Balaban J connectivity index is 0.00000145. The van der Waals surface area contributed by atoms with Crippen molar-refractivity contribution >= 4 is 35.6 Å². The molecule has 0 unspecified atom stereocenters. The van der Waals surface area contributed by atoms with Crippen LogP contribution >= 0.6 is 0 Å². The third kappa shape index (κ3) is 6.99. The van der Waals surface area contributed by atoms with Crippen molar-refractivity contribution in [1.29, 1.82) is 0 Å². The molecule has 2 aliphatic heterocycles. The summed E-state index contributed by atoms with van der Waals surface area (Å²) in [5.41, 5.74) is 8.49. The molecule has 4 aromatic rings. The smallest absolute Gasteiger partial charge is 0.320 e. The highest BCUT2D eigenvalue weighted by Gasteiger charge is 2.31. The number of fused-ring (bicyclic) bond motifs is 1. The molecule has 2 saturated heterocycles. The van der Waals surface area contributed by atoms with Crippen molar-refractivity contribution in [1.82, 2.24) is 29.1 Å². The Morgan fingerprint density at radius 3 is 2.50 bits per heavy atom. The number of ether oxygens (including phenoxy) is 2. The quantitative estimate of drug-likeness (QED) is 0.260. The summed E-state index contributed by atoms with van der Waals surface area (Å²) in [7, 11) is 1.27. The molecule has 14 nitrogen and oxygen atoms in total. The number of aryl methyl sites for hydroxylation is 1. The van der Waals surface area contributed by atoms with E-state index in [0.29, 0.717) is 80.8 Å². The molecule has 4 heterocycles. The van der Waals surface area contributed by atoms with Gasteiger partial charge in [0.2, 0.25) is 5.82 Å². The number of nitrogens with zero attached hydrogens (tertiary/aromatic N) is 6. The molecular formula is C32H36F2N8O6. The third-order valence-corrected chi connectivity index (χ3v) is 8.20. The van der Waals surface area contributed by atoms with Gasteiger partial charge in [0.25, 0.3) is 12.4 Å². The molecule has 3 amide bonds. The molecule has 0 aliphatic carbocycles. The van der Waals surface area contributed by atoms with E-state index in [4.69, 9.17) is 25.1 Å². The second-order valence-corrected chi connectivity index (χ2v) is 11.1. The summed E-state index contributed by atoms with van der Waals surface area (Å²) in [4.78, 5) is 48.9. The monoisotopic (exact) mass is 666 g/mol. The number of hydrogen-bond acceptors (Lipinski definition) is 9. The van der Waals surface area contributed by atoms with Crippen molar-refractivity contribution in [2.75, 3.05) is 64.8 Å². The fraction of sp³-hybridized carbons (Fsp3) is 0.344. The minimum absolute atomic E-state index is 0.0307. The first kappa shape index (κ1) is 34.0. The molecule has 4 N–H and O–H groups in total. The van der Waals surface area contributed by atoms with Gasteiger partial charge in [0.15, 0.2) is 23.0 Å². The average Bonchev–Trinajstić information content (AvgIpc) is 3.54. The Kier molecular flexibility index (Phi) is 10.7. The molecular weight excluding hydrogens is 630 g/mol. The van der Waals surface area contributed by atoms with E-state index in [9.17, 15) is 18.4 Å². The number of carbonyl (C=O) groups excluding carboxylic acids is 2. The molecule has 2 aromatic carbocycles. The lowest BCUT2D eigenvalue weighted by atomic mass is 10.1. The van der Waals surface area contributed by atoms with Crippen LogP contribution in [0.4, 0.5) is 25.1 Å². The number of methoxy groups -OCH3 is 1. The van der Waals surface area contributed by atoms with Gasteiger partial charge in [-0.15, -0.1) is 0 Å². The van der Waals surface area contributed by atoms with Gasteiger partial charge < -0.3 is 40.3 Å². The number of urea groups is 1. The number of carboxylic acid groups (broad SMARTS) is 1. The molecule has 16 heteroatoms. The lowest BCUT2D eigenvalue weighted by Crippen LogP contribution is -2.57. The van der Waals surface area contributed by atoms with Gasteiger partial charge >= 0.3 is 6.03 Å². The maximum atomic E-state index is 14.8. The predicted molar refractivity (Wildman–Crippen MR) is 171 cm³/mol. The van der Waals surface area contributed by atoms with Crippen molar-refractivity contribution < 1.29 is 37.7 Å². The number of anilines is 2. The van der Waals surface area contributed by atoms with Crippen LogP contribution in [0.15, 0.2) is 48.9 Å². The van der Waals surface area contributed by atoms with Gasteiger partial charge in [-0.2, -0.15) is 4.39 Å². The first-order valence-electron chi connectivity index (χ1n) is 15.1. The van der Waals surface area contributed by atoms with E-state index in [1.807, 2.05) is 13.0 Å². The second-order valence-electron chi connectivity index (χ2n) is 11.1. The number of piperazine rings is 1. The number of nitrogens with two attached hydrogens (primary N) is 1. The van der Waals surface area contributed by atoms with Crippen molar-refractivity contribution in [3.8, 4) is 17.0 Å². The summed E-state index contributed by atoms with van der Waals surface area (Å²) in [5, 5.41) is 10.1.